The largest absolute Gasteiger partial charge is 0.481 e. The molecule has 21 heavy (non-hydrogen) atoms. The van der Waals surface area contributed by atoms with E-state index >= 15 is 0 Å². The molecule has 3 N–H and O–H groups in total. The number of aryl methyl sites for hydroxylation is 2. The van der Waals surface area contributed by atoms with Crippen molar-refractivity contribution >= 4 is 17.7 Å². The Morgan fingerprint density at radius 1 is 1.33 bits per heavy atom. The molecule has 0 saturated heterocycles. The van der Waals surface area contributed by atoms with Gasteiger partial charge in [0.2, 0.25) is 0 Å². The van der Waals surface area contributed by atoms with Gasteiger partial charge in [-0.2, -0.15) is 0 Å². The summed E-state index contributed by atoms with van der Waals surface area (Å²) in [5.74, 6) is -0.673. The second-order valence-electron chi connectivity index (χ2n) is 5.34. The van der Waals surface area contributed by atoms with Crippen LogP contribution in [0.25, 0.3) is 0 Å². The predicted octanol–water partition coefficient (Wildman–Crippen LogP) is 3.18. The van der Waals surface area contributed by atoms with Crippen molar-refractivity contribution in [3.63, 3.8) is 0 Å². The molecule has 0 spiro atoms. The van der Waals surface area contributed by atoms with Crippen molar-refractivity contribution in [2.45, 2.75) is 40.0 Å². The molecule has 0 fully saturated rings. The molecule has 2 amide bonds. The van der Waals surface area contributed by atoms with E-state index in [1.807, 2.05) is 39.0 Å². The first-order valence-electron chi connectivity index (χ1n) is 7.29. The summed E-state index contributed by atoms with van der Waals surface area (Å²) in [6, 6.07) is 5.69. The minimum Gasteiger partial charge on any atom is -0.481 e. The fourth-order valence-corrected chi connectivity index (χ4v) is 2.10. The molecule has 1 rings (SSSR count). The fourth-order valence-electron chi connectivity index (χ4n) is 2.10. The van der Waals surface area contributed by atoms with Gasteiger partial charge in [0.1, 0.15) is 0 Å². The highest BCUT2D eigenvalue weighted by molar-refractivity contribution is 5.91. The number of carboxylic acid groups (broad SMARTS) is 1. The van der Waals surface area contributed by atoms with E-state index in [1.54, 1.807) is 0 Å². The Kier molecular flexibility index (Phi) is 6.72. The third-order valence-electron chi connectivity index (χ3n) is 3.44. The van der Waals surface area contributed by atoms with Gasteiger partial charge in [0.25, 0.3) is 0 Å². The number of amides is 2. The Morgan fingerprint density at radius 3 is 2.67 bits per heavy atom. The van der Waals surface area contributed by atoms with E-state index < -0.39 is 5.97 Å². The highest BCUT2D eigenvalue weighted by atomic mass is 16.4. The molecule has 0 aliphatic rings. The minimum absolute atomic E-state index is 0.127. The Labute approximate surface area is 125 Å². The van der Waals surface area contributed by atoms with Crippen LogP contribution in [0, 0.1) is 12.8 Å². The number of anilines is 1. The fraction of sp³-hybridized carbons (Fsp3) is 0.500. The van der Waals surface area contributed by atoms with Crippen LogP contribution in [0.2, 0.25) is 0 Å². The number of para-hydroxylation sites is 1. The van der Waals surface area contributed by atoms with Crippen LogP contribution in [0.4, 0.5) is 10.5 Å². The summed E-state index contributed by atoms with van der Waals surface area (Å²) in [7, 11) is 0. The van der Waals surface area contributed by atoms with Gasteiger partial charge in [-0.25, -0.2) is 4.79 Å². The summed E-state index contributed by atoms with van der Waals surface area (Å²) >= 11 is 0. The molecule has 116 valence electrons. The molecule has 0 aliphatic carbocycles. The molecule has 1 unspecified atom stereocenters. The lowest BCUT2D eigenvalue weighted by Gasteiger charge is -2.15. The summed E-state index contributed by atoms with van der Waals surface area (Å²) < 4.78 is 0. The van der Waals surface area contributed by atoms with E-state index in [0.717, 1.165) is 23.2 Å². The van der Waals surface area contributed by atoms with E-state index in [-0.39, 0.29) is 18.4 Å². The summed E-state index contributed by atoms with van der Waals surface area (Å²) in [4.78, 5) is 22.4. The number of carboxylic acids is 1. The molecule has 0 saturated carbocycles. The van der Waals surface area contributed by atoms with E-state index in [1.165, 1.54) is 0 Å². The molecule has 1 aromatic rings. The molecule has 0 aromatic heterocycles. The number of benzene rings is 1. The van der Waals surface area contributed by atoms with E-state index in [9.17, 15) is 9.59 Å². The van der Waals surface area contributed by atoms with E-state index in [4.69, 9.17) is 5.11 Å². The molecule has 1 atom stereocenters. The number of rotatable bonds is 7. The van der Waals surface area contributed by atoms with Crippen LogP contribution in [0.15, 0.2) is 18.2 Å². The molecule has 5 heteroatoms. The topological polar surface area (TPSA) is 78.4 Å². The third kappa shape index (κ3) is 5.85. The lowest BCUT2D eigenvalue weighted by Crippen LogP contribution is -2.33. The maximum Gasteiger partial charge on any atom is 0.319 e. The zero-order valence-electron chi connectivity index (χ0n) is 12.9. The highest BCUT2D eigenvalue weighted by Gasteiger charge is 2.10. The second kappa shape index (κ2) is 8.29. The quantitative estimate of drug-likeness (QED) is 0.722. The number of hydrogen-bond donors (Lipinski definition) is 3. The van der Waals surface area contributed by atoms with Gasteiger partial charge in [0.05, 0.1) is 0 Å². The van der Waals surface area contributed by atoms with Crippen LogP contribution < -0.4 is 10.6 Å². The molecular formula is C16H24N2O3. The average Bonchev–Trinajstić information content (AvgIpc) is 2.45. The van der Waals surface area contributed by atoms with Crippen molar-refractivity contribution in [2.24, 2.45) is 5.92 Å². The monoisotopic (exact) mass is 292 g/mol. The van der Waals surface area contributed by atoms with Crippen LogP contribution in [-0.4, -0.2) is 23.7 Å². The zero-order chi connectivity index (χ0) is 15.8. The van der Waals surface area contributed by atoms with Gasteiger partial charge in [-0.15, -0.1) is 0 Å². The lowest BCUT2D eigenvalue weighted by molar-refractivity contribution is -0.137. The SMILES string of the molecule is CCc1cccc(C)c1NC(=O)NCC(C)CCC(=O)O. The Hall–Kier alpha value is -2.04. The zero-order valence-corrected chi connectivity index (χ0v) is 12.9. The molecular weight excluding hydrogens is 268 g/mol. The summed E-state index contributed by atoms with van der Waals surface area (Å²) in [6.45, 7) is 6.40. The molecule has 1 aromatic carbocycles. The van der Waals surface area contributed by atoms with Crippen molar-refractivity contribution < 1.29 is 14.7 Å². The normalized spacial score (nSPS) is 11.8. The number of urea groups is 1. The van der Waals surface area contributed by atoms with E-state index in [0.29, 0.717) is 13.0 Å². The lowest BCUT2D eigenvalue weighted by atomic mass is 10.1. The predicted molar refractivity (Wildman–Crippen MR) is 83.6 cm³/mol. The maximum atomic E-state index is 11.9. The molecule has 0 bridgehead atoms. The van der Waals surface area contributed by atoms with Crippen LogP contribution in [0.5, 0.6) is 0 Å². The number of hydrogen-bond acceptors (Lipinski definition) is 2. The van der Waals surface area contributed by atoms with Gasteiger partial charge < -0.3 is 15.7 Å². The second-order valence-corrected chi connectivity index (χ2v) is 5.34. The standard InChI is InChI=1S/C16H24N2O3/c1-4-13-7-5-6-12(3)15(13)18-16(21)17-10-11(2)8-9-14(19)20/h5-7,11H,4,8-10H2,1-3H3,(H,19,20)(H2,17,18,21). The van der Waals surface area contributed by atoms with Crippen molar-refractivity contribution in [1.82, 2.24) is 5.32 Å². The first-order valence-corrected chi connectivity index (χ1v) is 7.29. The summed E-state index contributed by atoms with van der Waals surface area (Å²) in [5.41, 5.74) is 2.99. The Balaban J connectivity index is 2.49. The highest BCUT2D eigenvalue weighted by Crippen LogP contribution is 2.20. The van der Waals surface area contributed by atoms with Gasteiger partial charge in [0, 0.05) is 18.7 Å². The van der Waals surface area contributed by atoms with Gasteiger partial charge in [-0.3, -0.25) is 4.79 Å². The molecule has 0 aliphatic heterocycles. The third-order valence-corrected chi connectivity index (χ3v) is 3.44. The first kappa shape index (κ1) is 17.0. The van der Waals surface area contributed by atoms with Gasteiger partial charge >= 0.3 is 12.0 Å². The van der Waals surface area contributed by atoms with Gasteiger partial charge in [0.15, 0.2) is 0 Å². The minimum atomic E-state index is -0.807. The van der Waals surface area contributed by atoms with E-state index in [2.05, 4.69) is 10.6 Å². The Bertz CT molecular complexity index is 500. The van der Waals surface area contributed by atoms with Crippen molar-refractivity contribution in [3.05, 3.63) is 29.3 Å². The smallest absolute Gasteiger partial charge is 0.319 e. The number of nitrogens with one attached hydrogen (secondary N) is 2. The van der Waals surface area contributed by atoms with Gasteiger partial charge in [-0.1, -0.05) is 32.0 Å². The van der Waals surface area contributed by atoms with Crippen LogP contribution in [0.3, 0.4) is 0 Å². The number of carbonyl (C=O) groups excluding carboxylic acids is 1. The summed E-state index contributed by atoms with van der Waals surface area (Å²) in [6.07, 6.45) is 1.54. The molecule has 5 nitrogen and oxygen atoms in total. The molecule has 0 radical (unpaired) electrons. The van der Waals surface area contributed by atoms with Crippen molar-refractivity contribution in [1.29, 1.82) is 0 Å². The average molecular weight is 292 g/mol. The Morgan fingerprint density at radius 2 is 2.05 bits per heavy atom. The molecule has 0 heterocycles. The van der Waals surface area contributed by atoms with Crippen LogP contribution >= 0.6 is 0 Å². The maximum absolute atomic E-state index is 11.9. The summed E-state index contributed by atoms with van der Waals surface area (Å²) in [5, 5.41) is 14.3. The number of carbonyl (C=O) groups is 2. The van der Waals surface area contributed by atoms with Crippen molar-refractivity contribution in [3.8, 4) is 0 Å². The van der Waals surface area contributed by atoms with Crippen LogP contribution in [0.1, 0.15) is 37.8 Å². The number of aliphatic carboxylic acids is 1. The van der Waals surface area contributed by atoms with Crippen LogP contribution in [-0.2, 0) is 11.2 Å². The van der Waals surface area contributed by atoms with Gasteiger partial charge in [-0.05, 0) is 36.8 Å². The van der Waals surface area contributed by atoms with Crippen molar-refractivity contribution in [2.75, 3.05) is 11.9 Å². The first-order chi connectivity index (χ1) is 9.93.